The van der Waals surface area contributed by atoms with Crippen LogP contribution in [0.25, 0.3) is 6.08 Å². The molecule has 0 aliphatic rings. The minimum atomic E-state index is -0.346. The van der Waals surface area contributed by atoms with Crippen molar-refractivity contribution in [3.8, 4) is 5.75 Å². The Labute approximate surface area is 111 Å². The molecule has 0 radical (unpaired) electrons. The van der Waals surface area contributed by atoms with Crippen molar-refractivity contribution in [2.45, 2.75) is 0 Å². The lowest BCUT2D eigenvalue weighted by atomic mass is 10.1. The summed E-state index contributed by atoms with van der Waals surface area (Å²) in [6.07, 6.45) is 2.84. The van der Waals surface area contributed by atoms with Gasteiger partial charge in [0.1, 0.15) is 11.6 Å². The van der Waals surface area contributed by atoms with E-state index in [2.05, 4.69) is 0 Å². The van der Waals surface area contributed by atoms with Gasteiger partial charge < -0.3 is 4.74 Å². The number of ketones is 1. The maximum atomic E-state index is 13.4. The Kier molecular flexibility index (Phi) is 4.08. The Bertz CT molecular complexity index is 600. The average molecular weight is 256 g/mol. The highest BCUT2D eigenvalue weighted by Gasteiger charge is 2.02. The molecule has 96 valence electrons. The van der Waals surface area contributed by atoms with E-state index < -0.39 is 0 Å². The van der Waals surface area contributed by atoms with Gasteiger partial charge in [0, 0.05) is 11.1 Å². The monoisotopic (exact) mass is 256 g/mol. The molecular weight excluding hydrogens is 243 g/mol. The van der Waals surface area contributed by atoms with E-state index in [-0.39, 0.29) is 11.6 Å². The molecule has 0 spiro atoms. The zero-order valence-corrected chi connectivity index (χ0v) is 10.5. The highest BCUT2D eigenvalue weighted by atomic mass is 19.1. The zero-order chi connectivity index (χ0) is 13.7. The number of benzene rings is 2. The number of carbonyl (C=O) groups is 1. The zero-order valence-electron chi connectivity index (χ0n) is 10.5. The summed E-state index contributed by atoms with van der Waals surface area (Å²) < 4.78 is 18.4. The number of rotatable bonds is 4. The first kappa shape index (κ1) is 13.0. The smallest absolute Gasteiger partial charge is 0.185 e. The van der Waals surface area contributed by atoms with Gasteiger partial charge in [-0.2, -0.15) is 0 Å². The van der Waals surface area contributed by atoms with Crippen LogP contribution in [0.3, 0.4) is 0 Å². The standard InChI is InChI=1S/C16H13FO2/c1-19-14-9-6-13(7-10-14)16(18)11-8-12-4-2-3-5-15(12)17/h2-11H,1H3/b11-8+. The van der Waals surface area contributed by atoms with Gasteiger partial charge in [0.25, 0.3) is 0 Å². The van der Waals surface area contributed by atoms with Gasteiger partial charge in [0.15, 0.2) is 5.78 Å². The topological polar surface area (TPSA) is 26.3 Å². The van der Waals surface area contributed by atoms with E-state index in [1.54, 1.807) is 49.6 Å². The van der Waals surface area contributed by atoms with Crippen LogP contribution in [0.2, 0.25) is 0 Å². The van der Waals surface area contributed by atoms with Crippen molar-refractivity contribution in [2.24, 2.45) is 0 Å². The summed E-state index contributed by atoms with van der Waals surface area (Å²) in [7, 11) is 1.56. The Morgan fingerprint density at radius 1 is 1.11 bits per heavy atom. The fourth-order valence-electron chi connectivity index (χ4n) is 1.63. The summed E-state index contributed by atoms with van der Waals surface area (Å²) >= 11 is 0. The lowest BCUT2D eigenvalue weighted by molar-refractivity contribution is 0.104. The summed E-state index contributed by atoms with van der Waals surface area (Å²) in [6, 6.07) is 13.1. The second-order valence-electron chi connectivity index (χ2n) is 3.95. The van der Waals surface area contributed by atoms with Crippen molar-refractivity contribution < 1.29 is 13.9 Å². The molecule has 0 aliphatic heterocycles. The molecule has 0 unspecified atom stereocenters. The number of hydrogen-bond acceptors (Lipinski definition) is 2. The van der Waals surface area contributed by atoms with Crippen LogP contribution in [0.5, 0.6) is 5.75 Å². The molecule has 2 rings (SSSR count). The van der Waals surface area contributed by atoms with Gasteiger partial charge in [0.05, 0.1) is 7.11 Å². The molecule has 19 heavy (non-hydrogen) atoms. The normalized spacial score (nSPS) is 10.6. The number of hydrogen-bond donors (Lipinski definition) is 0. The van der Waals surface area contributed by atoms with Crippen molar-refractivity contribution in [2.75, 3.05) is 7.11 Å². The van der Waals surface area contributed by atoms with Crippen molar-refractivity contribution in [3.05, 3.63) is 71.6 Å². The predicted octanol–water partition coefficient (Wildman–Crippen LogP) is 3.73. The first-order valence-electron chi connectivity index (χ1n) is 5.81. The molecule has 3 heteroatoms. The summed E-state index contributed by atoms with van der Waals surface area (Å²) in [4.78, 5) is 11.9. The minimum Gasteiger partial charge on any atom is -0.497 e. The van der Waals surface area contributed by atoms with Crippen LogP contribution >= 0.6 is 0 Å². The molecule has 2 nitrogen and oxygen atoms in total. The predicted molar refractivity (Wildman–Crippen MR) is 72.8 cm³/mol. The second-order valence-corrected chi connectivity index (χ2v) is 3.95. The third-order valence-electron chi connectivity index (χ3n) is 2.69. The van der Waals surface area contributed by atoms with Gasteiger partial charge in [-0.25, -0.2) is 4.39 Å². The molecule has 0 fully saturated rings. The van der Waals surface area contributed by atoms with Gasteiger partial charge >= 0.3 is 0 Å². The van der Waals surface area contributed by atoms with Gasteiger partial charge in [-0.15, -0.1) is 0 Å². The summed E-state index contributed by atoms with van der Waals surface area (Å²) in [5.41, 5.74) is 0.928. The van der Waals surface area contributed by atoms with Crippen LogP contribution in [0.15, 0.2) is 54.6 Å². The average Bonchev–Trinajstić information content (AvgIpc) is 2.46. The van der Waals surface area contributed by atoms with Gasteiger partial charge in [0.2, 0.25) is 0 Å². The first-order chi connectivity index (χ1) is 9.20. The number of carbonyl (C=O) groups excluding carboxylic acids is 1. The molecule has 0 amide bonds. The lowest BCUT2D eigenvalue weighted by Gasteiger charge is -2.00. The van der Waals surface area contributed by atoms with Crippen LogP contribution < -0.4 is 4.74 Å². The number of methoxy groups -OCH3 is 1. The van der Waals surface area contributed by atoms with Crippen LogP contribution in [-0.4, -0.2) is 12.9 Å². The van der Waals surface area contributed by atoms with E-state index in [0.717, 1.165) is 0 Å². The first-order valence-corrected chi connectivity index (χ1v) is 5.81. The third-order valence-corrected chi connectivity index (χ3v) is 2.69. The maximum absolute atomic E-state index is 13.4. The van der Waals surface area contributed by atoms with Gasteiger partial charge in [-0.1, -0.05) is 18.2 Å². The van der Waals surface area contributed by atoms with Crippen LogP contribution in [0, 0.1) is 5.82 Å². The van der Waals surface area contributed by atoms with E-state index >= 15 is 0 Å². The van der Waals surface area contributed by atoms with Crippen molar-refractivity contribution in [3.63, 3.8) is 0 Å². The molecule has 0 aliphatic carbocycles. The highest BCUT2D eigenvalue weighted by Crippen LogP contribution is 2.13. The van der Waals surface area contributed by atoms with E-state index in [1.807, 2.05) is 0 Å². The Hall–Kier alpha value is -2.42. The van der Waals surface area contributed by atoms with Crippen LogP contribution in [0.1, 0.15) is 15.9 Å². The number of halogens is 1. The molecule has 0 atom stereocenters. The molecule has 2 aromatic carbocycles. The molecular formula is C16H13FO2. The molecule has 2 aromatic rings. The highest BCUT2D eigenvalue weighted by molar-refractivity contribution is 6.06. The minimum absolute atomic E-state index is 0.175. The lowest BCUT2D eigenvalue weighted by Crippen LogP contribution is -1.94. The summed E-state index contributed by atoms with van der Waals surface area (Å²) in [5, 5.41) is 0. The maximum Gasteiger partial charge on any atom is 0.185 e. The summed E-state index contributed by atoms with van der Waals surface area (Å²) in [6.45, 7) is 0. The fraction of sp³-hybridized carbons (Fsp3) is 0.0625. The second kappa shape index (κ2) is 5.96. The van der Waals surface area contributed by atoms with Crippen molar-refractivity contribution >= 4 is 11.9 Å². The molecule has 0 heterocycles. The molecule has 0 saturated carbocycles. The quantitative estimate of drug-likeness (QED) is 0.615. The van der Waals surface area contributed by atoms with Crippen LogP contribution in [-0.2, 0) is 0 Å². The Balaban J connectivity index is 2.14. The third kappa shape index (κ3) is 3.28. The van der Waals surface area contributed by atoms with E-state index in [4.69, 9.17) is 4.74 Å². The van der Waals surface area contributed by atoms with Gasteiger partial charge in [-0.05, 0) is 42.5 Å². The number of allylic oxidation sites excluding steroid dienone is 1. The number of ether oxygens (including phenoxy) is 1. The van der Waals surface area contributed by atoms with Crippen LogP contribution in [0.4, 0.5) is 4.39 Å². The summed E-state index contributed by atoms with van der Waals surface area (Å²) in [5.74, 6) is 0.168. The van der Waals surface area contributed by atoms with Crippen molar-refractivity contribution in [1.82, 2.24) is 0 Å². The van der Waals surface area contributed by atoms with E-state index in [9.17, 15) is 9.18 Å². The van der Waals surface area contributed by atoms with E-state index in [0.29, 0.717) is 16.9 Å². The fourth-order valence-corrected chi connectivity index (χ4v) is 1.63. The van der Waals surface area contributed by atoms with Gasteiger partial charge in [-0.3, -0.25) is 4.79 Å². The SMILES string of the molecule is COc1ccc(C(=O)/C=C/c2ccccc2F)cc1. The molecule has 0 N–H and O–H groups in total. The van der Waals surface area contributed by atoms with E-state index in [1.165, 1.54) is 18.2 Å². The largest absolute Gasteiger partial charge is 0.497 e. The molecule has 0 bridgehead atoms. The Morgan fingerprint density at radius 3 is 2.42 bits per heavy atom. The molecule has 0 saturated heterocycles. The Morgan fingerprint density at radius 2 is 1.79 bits per heavy atom. The molecule has 0 aromatic heterocycles. The van der Waals surface area contributed by atoms with Crippen molar-refractivity contribution in [1.29, 1.82) is 0 Å².